The molecular weight excluding hydrogens is 280 g/mol. The number of nitrogens with zero attached hydrogens (tertiary/aromatic N) is 3. The van der Waals surface area contributed by atoms with Gasteiger partial charge in [0, 0.05) is 26.2 Å². The molecule has 0 unspecified atom stereocenters. The summed E-state index contributed by atoms with van der Waals surface area (Å²) in [5, 5.41) is 4.53. The van der Waals surface area contributed by atoms with Crippen molar-refractivity contribution in [1.29, 1.82) is 0 Å². The number of likely N-dealkylation sites (tertiary alicyclic amines) is 1. The highest BCUT2D eigenvalue weighted by molar-refractivity contribution is 6.33. The summed E-state index contributed by atoms with van der Waals surface area (Å²) in [7, 11) is 1.61. The van der Waals surface area contributed by atoms with Crippen molar-refractivity contribution in [2.45, 2.75) is 25.4 Å². The monoisotopic (exact) mass is 300 g/mol. The Morgan fingerprint density at radius 3 is 2.90 bits per heavy atom. The number of halogens is 1. The Morgan fingerprint density at radius 2 is 2.25 bits per heavy atom. The van der Waals surface area contributed by atoms with Gasteiger partial charge in [0.2, 0.25) is 0 Å². The molecule has 1 fully saturated rings. The smallest absolute Gasteiger partial charge is 0.196 e. The normalized spacial score (nSPS) is 17.6. The van der Waals surface area contributed by atoms with Gasteiger partial charge in [-0.3, -0.25) is 14.4 Å². The topological polar surface area (TPSA) is 73.4 Å². The number of carbonyl (C=O) groups excluding carboxylic acids is 1. The third kappa shape index (κ3) is 3.79. The lowest BCUT2D eigenvalue weighted by Gasteiger charge is -2.29. The average molecular weight is 301 g/mol. The van der Waals surface area contributed by atoms with Crippen molar-refractivity contribution in [1.82, 2.24) is 14.7 Å². The third-order valence-electron chi connectivity index (χ3n) is 3.57. The maximum atomic E-state index is 12.4. The number of Topliss-reactive ketones (excluding diaryl/α,β-unsaturated/α-hetero) is 1. The molecule has 2 rings (SSSR count). The number of ketones is 1. The van der Waals surface area contributed by atoms with Gasteiger partial charge in [0.25, 0.3) is 0 Å². The van der Waals surface area contributed by atoms with Gasteiger partial charge >= 0.3 is 0 Å². The summed E-state index contributed by atoms with van der Waals surface area (Å²) in [5.41, 5.74) is 6.34. The van der Waals surface area contributed by atoms with E-state index in [4.69, 9.17) is 22.1 Å². The first-order valence-corrected chi connectivity index (χ1v) is 7.21. The molecule has 2 heterocycles. The number of ether oxygens (including phenoxy) is 1. The van der Waals surface area contributed by atoms with E-state index in [1.165, 1.54) is 6.20 Å². The van der Waals surface area contributed by atoms with Gasteiger partial charge in [0.1, 0.15) is 5.69 Å². The van der Waals surface area contributed by atoms with Crippen LogP contribution in [0.4, 0.5) is 0 Å². The van der Waals surface area contributed by atoms with Gasteiger partial charge in [0.05, 0.1) is 30.9 Å². The highest BCUT2D eigenvalue weighted by Crippen LogP contribution is 2.17. The van der Waals surface area contributed by atoms with Crippen molar-refractivity contribution in [3.63, 3.8) is 0 Å². The number of nitrogens with two attached hydrogens (primary N) is 1. The summed E-state index contributed by atoms with van der Waals surface area (Å²) < 4.78 is 6.63. The molecule has 0 aromatic carbocycles. The molecule has 20 heavy (non-hydrogen) atoms. The summed E-state index contributed by atoms with van der Waals surface area (Å²) in [5.74, 6) is -0.000857. The van der Waals surface area contributed by atoms with Crippen LogP contribution in [0.15, 0.2) is 6.20 Å². The predicted molar refractivity (Wildman–Crippen MR) is 77.1 cm³/mol. The molecular formula is C13H21ClN4O2. The van der Waals surface area contributed by atoms with Crippen LogP contribution in [0.5, 0.6) is 0 Å². The molecule has 0 aliphatic carbocycles. The molecule has 0 spiro atoms. The summed E-state index contributed by atoms with van der Waals surface area (Å²) in [6, 6.07) is 0.261. The van der Waals surface area contributed by atoms with E-state index in [0.29, 0.717) is 30.4 Å². The van der Waals surface area contributed by atoms with Gasteiger partial charge in [-0.25, -0.2) is 0 Å². The quantitative estimate of drug-likeness (QED) is 0.786. The van der Waals surface area contributed by atoms with Crippen LogP contribution in [0, 0.1) is 0 Å². The Labute approximate surface area is 123 Å². The standard InChI is InChI=1S/C13H21ClN4O2/c1-20-7-6-18-13(11(14)8-16-18)12(19)9-17-4-2-10(15)3-5-17/h8,10H,2-7,9,15H2,1H3. The van der Waals surface area contributed by atoms with Gasteiger partial charge in [-0.15, -0.1) is 0 Å². The number of rotatable bonds is 6. The molecule has 7 heteroatoms. The Kier molecular flexibility index (Phi) is 5.54. The zero-order chi connectivity index (χ0) is 14.5. The zero-order valence-corrected chi connectivity index (χ0v) is 12.5. The molecule has 1 aromatic heterocycles. The van der Waals surface area contributed by atoms with E-state index in [9.17, 15) is 4.79 Å². The van der Waals surface area contributed by atoms with Crippen LogP contribution < -0.4 is 5.73 Å². The minimum atomic E-state index is -0.000857. The molecule has 1 aliphatic rings. The lowest BCUT2D eigenvalue weighted by molar-refractivity contribution is 0.0896. The van der Waals surface area contributed by atoms with E-state index in [1.807, 2.05) is 0 Å². The molecule has 0 bridgehead atoms. The van der Waals surface area contributed by atoms with E-state index in [-0.39, 0.29) is 11.8 Å². The maximum Gasteiger partial charge on any atom is 0.196 e. The fraction of sp³-hybridized carbons (Fsp3) is 0.692. The molecule has 0 radical (unpaired) electrons. The summed E-state index contributed by atoms with van der Waals surface area (Å²) >= 11 is 6.08. The van der Waals surface area contributed by atoms with Crippen LogP contribution in [0.3, 0.4) is 0 Å². The minimum absolute atomic E-state index is 0.000857. The zero-order valence-electron chi connectivity index (χ0n) is 11.7. The summed E-state index contributed by atoms with van der Waals surface area (Å²) in [6.45, 7) is 3.10. The van der Waals surface area contributed by atoms with Crippen LogP contribution in [-0.2, 0) is 11.3 Å². The fourth-order valence-corrected chi connectivity index (χ4v) is 2.62. The fourth-order valence-electron chi connectivity index (χ4n) is 2.38. The van der Waals surface area contributed by atoms with E-state index in [1.54, 1.807) is 11.8 Å². The Hall–Kier alpha value is -0.950. The number of hydrogen-bond acceptors (Lipinski definition) is 5. The minimum Gasteiger partial charge on any atom is -0.383 e. The molecule has 112 valence electrons. The van der Waals surface area contributed by atoms with E-state index in [0.717, 1.165) is 25.9 Å². The Bertz CT molecular complexity index is 455. The maximum absolute atomic E-state index is 12.4. The number of carbonyl (C=O) groups is 1. The SMILES string of the molecule is COCCn1ncc(Cl)c1C(=O)CN1CCC(N)CC1. The van der Waals surface area contributed by atoms with Gasteiger partial charge in [-0.1, -0.05) is 11.6 Å². The van der Waals surface area contributed by atoms with Crippen molar-refractivity contribution in [3.8, 4) is 0 Å². The van der Waals surface area contributed by atoms with Gasteiger partial charge in [0.15, 0.2) is 5.78 Å². The van der Waals surface area contributed by atoms with Crippen molar-refractivity contribution in [3.05, 3.63) is 16.9 Å². The lowest BCUT2D eigenvalue weighted by atomic mass is 10.1. The molecule has 1 aromatic rings. The molecule has 1 saturated heterocycles. The average Bonchev–Trinajstić information content (AvgIpc) is 2.80. The van der Waals surface area contributed by atoms with Gasteiger partial charge in [-0.2, -0.15) is 5.10 Å². The highest BCUT2D eigenvalue weighted by Gasteiger charge is 2.22. The Balaban J connectivity index is 1.99. The number of hydrogen-bond donors (Lipinski definition) is 1. The first-order chi connectivity index (χ1) is 9.61. The van der Waals surface area contributed by atoms with Crippen LogP contribution in [0.2, 0.25) is 5.02 Å². The lowest BCUT2D eigenvalue weighted by Crippen LogP contribution is -2.42. The largest absolute Gasteiger partial charge is 0.383 e. The van der Waals surface area contributed by atoms with Crippen LogP contribution in [0.25, 0.3) is 0 Å². The van der Waals surface area contributed by atoms with Crippen molar-refractivity contribution in [2.24, 2.45) is 5.73 Å². The predicted octanol–water partition coefficient (Wildman–Crippen LogP) is 0.789. The second-order valence-electron chi connectivity index (χ2n) is 5.09. The summed E-state index contributed by atoms with van der Waals surface area (Å²) in [6.07, 6.45) is 3.38. The summed E-state index contributed by atoms with van der Waals surface area (Å²) in [4.78, 5) is 14.5. The molecule has 1 aliphatic heterocycles. The second kappa shape index (κ2) is 7.17. The van der Waals surface area contributed by atoms with E-state index < -0.39 is 0 Å². The Morgan fingerprint density at radius 1 is 1.55 bits per heavy atom. The van der Waals surface area contributed by atoms with Gasteiger partial charge < -0.3 is 10.5 Å². The second-order valence-corrected chi connectivity index (χ2v) is 5.50. The number of methoxy groups -OCH3 is 1. The van der Waals surface area contributed by atoms with Crippen molar-refractivity contribution in [2.75, 3.05) is 33.4 Å². The van der Waals surface area contributed by atoms with Crippen LogP contribution in [0.1, 0.15) is 23.3 Å². The first-order valence-electron chi connectivity index (χ1n) is 6.83. The molecule has 0 saturated carbocycles. The highest BCUT2D eigenvalue weighted by atomic mass is 35.5. The molecule has 6 nitrogen and oxygen atoms in total. The molecule has 2 N–H and O–H groups in total. The number of piperidine rings is 1. The third-order valence-corrected chi connectivity index (χ3v) is 3.84. The van der Waals surface area contributed by atoms with Crippen molar-refractivity contribution < 1.29 is 9.53 Å². The van der Waals surface area contributed by atoms with E-state index >= 15 is 0 Å². The van der Waals surface area contributed by atoms with E-state index in [2.05, 4.69) is 10.00 Å². The van der Waals surface area contributed by atoms with Crippen molar-refractivity contribution >= 4 is 17.4 Å². The van der Waals surface area contributed by atoms with Crippen LogP contribution in [-0.4, -0.2) is 59.9 Å². The number of aromatic nitrogens is 2. The molecule has 0 atom stereocenters. The van der Waals surface area contributed by atoms with Gasteiger partial charge in [-0.05, 0) is 12.8 Å². The van der Waals surface area contributed by atoms with Crippen LogP contribution >= 0.6 is 11.6 Å². The molecule has 0 amide bonds. The first kappa shape index (κ1) is 15.4.